The number of carbonyl (C=O) groups is 3. The van der Waals surface area contributed by atoms with E-state index < -0.39 is 0 Å². The molecule has 0 saturated carbocycles. The smallest absolute Gasteiger partial charge is 0.251 e. The molecule has 0 aliphatic rings. The zero-order chi connectivity index (χ0) is 19.1. The van der Waals surface area contributed by atoms with Crippen LogP contribution in [0.1, 0.15) is 34.6 Å². The number of nitrogens with zero attached hydrogens (tertiary/aromatic N) is 1. The molecule has 2 rings (SSSR count). The van der Waals surface area contributed by atoms with Crippen LogP contribution in [0.25, 0.3) is 0 Å². The second-order valence-corrected chi connectivity index (χ2v) is 5.76. The molecule has 2 aromatic rings. The van der Waals surface area contributed by atoms with Crippen LogP contribution in [0.4, 0.5) is 5.69 Å². The molecule has 0 fully saturated rings. The molecule has 0 spiro atoms. The minimum absolute atomic E-state index is 0.0665. The second kappa shape index (κ2) is 8.80. The number of hydrogen-bond acceptors (Lipinski definition) is 4. The number of methoxy groups -OCH3 is 1. The fourth-order valence-corrected chi connectivity index (χ4v) is 2.49. The van der Waals surface area contributed by atoms with Crippen molar-refractivity contribution in [3.05, 3.63) is 59.7 Å². The third kappa shape index (κ3) is 4.92. The van der Waals surface area contributed by atoms with E-state index >= 15 is 0 Å². The molecule has 0 radical (unpaired) electrons. The maximum absolute atomic E-state index is 12.2. The van der Waals surface area contributed by atoms with E-state index in [1.807, 2.05) is 0 Å². The normalized spacial score (nSPS) is 10.1. The minimum atomic E-state index is -0.228. The van der Waals surface area contributed by atoms with Crippen molar-refractivity contribution in [3.8, 4) is 5.75 Å². The average molecular weight is 354 g/mol. The standard InChI is InChI=1S/C20H22N2O4/c1-14(23)17-5-4-6-18(13-17)22(15(2)24)12-11-21-20(25)16-7-9-19(26-3)10-8-16/h4-10,13H,11-12H2,1-3H3,(H,21,25). The van der Waals surface area contributed by atoms with Gasteiger partial charge < -0.3 is 15.0 Å². The number of hydrogen-bond donors (Lipinski definition) is 1. The van der Waals surface area contributed by atoms with E-state index in [0.29, 0.717) is 29.1 Å². The number of benzene rings is 2. The molecule has 0 atom stereocenters. The molecule has 0 unspecified atom stereocenters. The summed E-state index contributed by atoms with van der Waals surface area (Å²) in [5.74, 6) is 0.218. The first-order valence-corrected chi connectivity index (χ1v) is 8.23. The molecule has 2 aromatic carbocycles. The molecule has 26 heavy (non-hydrogen) atoms. The fraction of sp³-hybridized carbons (Fsp3) is 0.250. The lowest BCUT2D eigenvalue weighted by molar-refractivity contribution is -0.116. The second-order valence-electron chi connectivity index (χ2n) is 5.76. The molecule has 0 aliphatic heterocycles. The van der Waals surface area contributed by atoms with Crippen LogP contribution >= 0.6 is 0 Å². The predicted octanol–water partition coefficient (Wildman–Crippen LogP) is 2.68. The van der Waals surface area contributed by atoms with Gasteiger partial charge in [-0.2, -0.15) is 0 Å². The molecule has 0 heterocycles. The van der Waals surface area contributed by atoms with E-state index in [2.05, 4.69) is 5.32 Å². The number of carbonyl (C=O) groups excluding carboxylic acids is 3. The van der Waals surface area contributed by atoms with Gasteiger partial charge in [0.05, 0.1) is 7.11 Å². The lowest BCUT2D eigenvalue weighted by Gasteiger charge is -2.22. The summed E-state index contributed by atoms with van der Waals surface area (Å²) in [6.07, 6.45) is 0. The molecule has 2 amide bonds. The van der Waals surface area contributed by atoms with E-state index in [1.54, 1.807) is 55.6 Å². The quantitative estimate of drug-likeness (QED) is 0.776. The summed E-state index contributed by atoms with van der Waals surface area (Å²) in [5.41, 5.74) is 1.68. The first-order valence-electron chi connectivity index (χ1n) is 8.23. The Kier molecular flexibility index (Phi) is 6.49. The van der Waals surface area contributed by atoms with Crippen LogP contribution in [-0.4, -0.2) is 37.8 Å². The van der Waals surface area contributed by atoms with Crippen molar-refractivity contribution >= 4 is 23.3 Å². The van der Waals surface area contributed by atoms with Gasteiger partial charge in [0.1, 0.15) is 5.75 Å². The van der Waals surface area contributed by atoms with E-state index in [9.17, 15) is 14.4 Å². The highest BCUT2D eigenvalue weighted by Crippen LogP contribution is 2.17. The van der Waals surface area contributed by atoms with Crippen LogP contribution in [-0.2, 0) is 4.79 Å². The zero-order valence-electron chi connectivity index (χ0n) is 15.1. The molecule has 6 heteroatoms. The highest BCUT2D eigenvalue weighted by molar-refractivity contribution is 5.97. The first-order chi connectivity index (χ1) is 12.4. The first kappa shape index (κ1) is 19.2. The number of ketones is 1. The molecule has 136 valence electrons. The zero-order valence-corrected chi connectivity index (χ0v) is 15.1. The summed E-state index contributed by atoms with van der Waals surface area (Å²) in [7, 11) is 1.56. The van der Waals surface area contributed by atoms with Crippen molar-refractivity contribution in [2.24, 2.45) is 0 Å². The molecule has 0 bridgehead atoms. The van der Waals surface area contributed by atoms with E-state index in [1.165, 1.54) is 18.7 Å². The van der Waals surface area contributed by atoms with Crippen LogP contribution < -0.4 is 15.0 Å². The molecule has 0 aromatic heterocycles. The van der Waals surface area contributed by atoms with Crippen LogP contribution in [0.5, 0.6) is 5.75 Å². The predicted molar refractivity (Wildman–Crippen MR) is 99.8 cm³/mol. The molecular formula is C20H22N2O4. The van der Waals surface area contributed by atoms with Gasteiger partial charge in [-0.05, 0) is 43.3 Å². The maximum atomic E-state index is 12.2. The van der Waals surface area contributed by atoms with Crippen molar-refractivity contribution < 1.29 is 19.1 Å². The van der Waals surface area contributed by atoms with Gasteiger partial charge in [0.25, 0.3) is 5.91 Å². The molecule has 0 aliphatic carbocycles. The van der Waals surface area contributed by atoms with Crippen molar-refractivity contribution in [3.63, 3.8) is 0 Å². The van der Waals surface area contributed by atoms with E-state index in [0.717, 1.165) is 0 Å². The number of anilines is 1. The average Bonchev–Trinajstić information content (AvgIpc) is 2.64. The number of ether oxygens (including phenoxy) is 1. The Labute approximate surface area is 152 Å². The Hall–Kier alpha value is -3.15. The van der Waals surface area contributed by atoms with Crippen molar-refractivity contribution in [1.82, 2.24) is 5.32 Å². The Morgan fingerprint density at radius 2 is 1.69 bits per heavy atom. The van der Waals surface area contributed by atoms with Gasteiger partial charge in [-0.25, -0.2) is 0 Å². The Bertz CT molecular complexity index is 800. The van der Waals surface area contributed by atoms with Gasteiger partial charge in [0, 0.05) is 36.8 Å². The molecule has 6 nitrogen and oxygen atoms in total. The van der Waals surface area contributed by atoms with Gasteiger partial charge in [-0.15, -0.1) is 0 Å². The van der Waals surface area contributed by atoms with Crippen molar-refractivity contribution in [1.29, 1.82) is 0 Å². The van der Waals surface area contributed by atoms with Crippen LogP contribution in [0.2, 0.25) is 0 Å². The lowest BCUT2D eigenvalue weighted by atomic mass is 10.1. The highest BCUT2D eigenvalue weighted by atomic mass is 16.5. The number of nitrogens with one attached hydrogen (secondary N) is 1. The summed E-state index contributed by atoms with van der Waals surface area (Å²) >= 11 is 0. The Morgan fingerprint density at radius 3 is 2.27 bits per heavy atom. The van der Waals surface area contributed by atoms with Crippen LogP contribution in [0.3, 0.4) is 0 Å². The summed E-state index contributed by atoms with van der Waals surface area (Å²) in [6.45, 7) is 3.52. The SMILES string of the molecule is COc1ccc(C(=O)NCCN(C(C)=O)c2cccc(C(C)=O)c2)cc1. The third-order valence-electron chi connectivity index (χ3n) is 3.92. The molecule has 0 saturated heterocycles. The Balaban J connectivity index is 2.00. The summed E-state index contributed by atoms with van der Waals surface area (Å²) in [6, 6.07) is 13.6. The summed E-state index contributed by atoms with van der Waals surface area (Å²) < 4.78 is 5.06. The van der Waals surface area contributed by atoms with Gasteiger partial charge in [-0.1, -0.05) is 12.1 Å². The number of amides is 2. The summed E-state index contributed by atoms with van der Waals surface area (Å²) in [4.78, 5) is 37.2. The minimum Gasteiger partial charge on any atom is -0.497 e. The highest BCUT2D eigenvalue weighted by Gasteiger charge is 2.13. The van der Waals surface area contributed by atoms with Gasteiger partial charge in [0.15, 0.2) is 5.78 Å². The number of Topliss-reactive ketones (excluding diaryl/α,β-unsaturated/α-hetero) is 1. The largest absolute Gasteiger partial charge is 0.497 e. The fourth-order valence-electron chi connectivity index (χ4n) is 2.49. The van der Waals surface area contributed by atoms with Gasteiger partial charge >= 0.3 is 0 Å². The molecular weight excluding hydrogens is 332 g/mol. The van der Waals surface area contributed by atoms with Gasteiger partial charge in [0.2, 0.25) is 5.91 Å². The van der Waals surface area contributed by atoms with E-state index in [-0.39, 0.29) is 24.1 Å². The monoisotopic (exact) mass is 354 g/mol. The van der Waals surface area contributed by atoms with Gasteiger partial charge in [-0.3, -0.25) is 14.4 Å². The van der Waals surface area contributed by atoms with Crippen molar-refractivity contribution in [2.75, 3.05) is 25.1 Å². The maximum Gasteiger partial charge on any atom is 0.251 e. The third-order valence-corrected chi connectivity index (χ3v) is 3.92. The lowest BCUT2D eigenvalue weighted by Crippen LogP contribution is -2.37. The number of rotatable bonds is 7. The topological polar surface area (TPSA) is 75.7 Å². The van der Waals surface area contributed by atoms with E-state index in [4.69, 9.17) is 4.74 Å². The molecule has 1 N–H and O–H groups in total. The summed E-state index contributed by atoms with van der Waals surface area (Å²) in [5, 5.41) is 2.79. The Morgan fingerprint density at radius 1 is 1.00 bits per heavy atom. The van der Waals surface area contributed by atoms with Crippen LogP contribution in [0, 0.1) is 0 Å². The van der Waals surface area contributed by atoms with Crippen molar-refractivity contribution in [2.45, 2.75) is 13.8 Å². The van der Waals surface area contributed by atoms with Crippen LogP contribution in [0.15, 0.2) is 48.5 Å².